The predicted octanol–water partition coefficient (Wildman–Crippen LogP) is 1.70. The lowest BCUT2D eigenvalue weighted by molar-refractivity contribution is -0.141. The molecule has 19 heavy (non-hydrogen) atoms. The van der Waals surface area contributed by atoms with Crippen molar-refractivity contribution >= 4 is 11.9 Å². The Hall–Kier alpha value is -1.10. The molecule has 0 aromatic rings. The zero-order valence-electron chi connectivity index (χ0n) is 11.4. The molecule has 5 heteroatoms. The van der Waals surface area contributed by atoms with Gasteiger partial charge in [-0.2, -0.15) is 0 Å². The number of nitrogens with one attached hydrogen (secondary N) is 1. The lowest BCUT2D eigenvalue weighted by atomic mass is 10.1. The standard InChI is InChI=1S/C14H23NO4/c1-9-2-5-12(19-9)6-7-13(16)15-11-4-3-10(8-11)14(17)18/h9-12H,2-8H2,1H3,(H,15,16)(H,17,18)/t9?,10-,11+,12?/m0/s1. The molecule has 108 valence electrons. The van der Waals surface area contributed by atoms with E-state index in [9.17, 15) is 9.59 Å². The van der Waals surface area contributed by atoms with Crippen LogP contribution in [0, 0.1) is 5.92 Å². The molecular formula is C14H23NO4. The Morgan fingerprint density at radius 1 is 1.26 bits per heavy atom. The summed E-state index contributed by atoms with van der Waals surface area (Å²) in [7, 11) is 0. The molecule has 0 bridgehead atoms. The number of ether oxygens (including phenoxy) is 1. The number of carbonyl (C=O) groups is 2. The van der Waals surface area contributed by atoms with Gasteiger partial charge >= 0.3 is 5.97 Å². The van der Waals surface area contributed by atoms with E-state index < -0.39 is 5.97 Å². The van der Waals surface area contributed by atoms with Crippen LogP contribution >= 0.6 is 0 Å². The maximum Gasteiger partial charge on any atom is 0.306 e. The van der Waals surface area contributed by atoms with Gasteiger partial charge in [0.15, 0.2) is 0 Å². The van der Waals surface area contributed by atoms with Gasteiger partial charge in [0.1, 0.15) is 0 Å². The monoisotopic (exact) mass is 269 g/mol. The Labute approximate surface area is 113 Å². The summed E-state index contributed by atoms with van der Waals surface area (Å²) in [5.74, 6) is -1.01. The van der Waals surface area contributed by atoms with Crippen molar-refractivity contribution in [3.05, 3.63) is 0 Å². The third kappa shape index (κ3) is 4.20. The summed E-state index contributed by atoms with van der Waals surface area (Å²) in [6, 6.07) is 0.0389. The predicted molar refractivity (Wildman–Crippen MR) is 69.7 cm³/mol. The molecule has 4 atom stereocenters. The maximum atomic E-state index is 11.8. The summed E-state index contributed by atoms with van der Waals surface area (Å²) in [5.41, 5.74) is 0. The molecule has 5 nitrogen and oxygen atoms in total. The molecule has 1 aliphatic carbocycles. The largest absolute Gasteiger partial charge is 0.481 e. The van der Waals surface area contributed by atoms with E-state index in [1.165, 1.54) is 0 Å². The number of hydrogen-bond acceptors (Lipinski definition) is 3. The molecule has 0 spiro atoms. The summed E-state index contributed by atoms with van der Waals surface area (Å²) in [4.78, 5) is 22.6. The second kappa shape index (κ2) is 6.37. The molecule has 2 unspecified atom stereocenters. The first-order valence-corrected chi connectivity index (χ1v) is 7.22. The zero-order chi connectivity index (χ0) is 13.8. The summed E-state index contributed by atoms with van der Waals surface area (Å²) in [6.45, 7) is 2.06. The van der Waals surface area contributed by atoms with Crippen LogP contribution in [0.5, 0.6) is 0 Å². The fraction of sp³-hybridized carbons (Fsp3) is 0.857. The van der Waals surface area contributed by atoms with Crippen LogP contribution in [0.4, 0.5) is 0 Å². The van der Waals surface area contributed by atoms with Crippen molar-refractivity contribution in [3.8, 4) is 0 Å². The molecule has 1 saturated heterocycles. The van der Waals surface area contributed by atoms with Crippen LogP contribution < -0.4 is 5.32 Å². The highest BCUT2D eigenvalue weighted by Crippen LogP contribution is 2.26. The molecule has 1 amide bonds. The molecule has 2 N–H and O–H groups in total. The van der Waals surface area contributed by atoms with Crippen molar-refractivity contribution < 1.29 is 19.4 Å². The molecule has 1 saturated carbocycles. The van der Waals surface area contributed by atoms with Gasteiger partial charge in [-0.25, -0.2) is 0 Å². The van der Waals surface area contributed by atoms with Crippen LogP contribution in [-0.2, 0) is 14.3 Å². The fourth-order valence-corrected chi connectivity index (χ4v) is 3.03. The Kier molecular flexibility index (Phi) is 4.80. The highest BCUT2D eigenvalue weighted by atomic mass is 16.5. The Balaban J connectivity index is 1.63. The van der Waals surface area contributed by atoms with Gasteiger partial charge in [0.25, 0.3) is 0 Å². The van der Waals surface area contributed by atoms with Gasteiger partial charge in [0.2, 0.25) is 5.91 Å². The average molecular weight is 269 g/mol. The minimum atomic E-state index is -0.745. The third-order valence-electron chi connectivity index (χ3n) is 4.16. The smallest absolute Gasteiger partial charge is 0.306 e. The van der Waals surface area contributed by atoms with E-state index in [1.807, 2.05) is 0 Å². The molecule has 0 radical (unpaired) electrons. The van der Waals surface area contributed by atoms with Crippen molar-refractivity contribution in [1.29, 1.82) is 0 Å². The summed E-state index contributed by atoms with van der Waals surface area (Å²) in [5, 5.41) is 11.8. The Bertz CT molecular complexity index is 344. The summed E-state index contributed by atoms with van der Waals surface area (Å²) >= 11 is 0. The quantitative estimate of drug-likeness (QED) is 0.796. The minimum Gasteiger partial charge on any atom is -0.481 e. The van der Waals surface area contributed by atoms with Crippen LogP contribution in [0.1, 0.15) is 51.9 Å². The zero-order valence-corrected chi connectivity index (χ0v) is 11.4. The Morgan fingerprint density at radius 2 is 2.05 bits per heavy atom. The number of carboxylic acids is 1. The Morgan fingerprint density at radius 3 is 2.63 bits per heavy atom. The molecule has 2 rings (SSSR count). The van der Waals surface area contributed by atoms with E-state index in [0.29, 0.717) is 25.4 Å². The molecule has 1 heterocycles. The second-order valence-electron chi connectivity index (χ2n) is 5.80. The lowest BCUT2D eigenvalue weighted by Crippen LogP contribution is -2.33. The van der Waals surface area contributed by atoms with Crippen LogP contribution in [0.2, 0.25) is 0 Å². The van der Waals surface area contributed by atoms with Gasteiger partial charge in [-0.3, -0.25) is 9.59 Å². The molecular weight excluding hydrogens is 246 g/mol. The summed E-state index contributed by atoms with van der Waals surface area (Å²) < 4.78 is 5.67. The molecule has 2 aliphatic rings. The van der Waals surface area contributed by atoms with E-state index in [4.69, 9.17) is 9.84 Å². The van der Waals surface area contributed by atoms with E-state index in [-0.39, 0.29) is 24.0 Å². The first kappa shape index (κ1) is 14.3. The topological polar surface area (TPSA) is 75.6 Å². The molecule has 0 aromatic carbocycles. The highest BCUT2D eigenvalue weighted by molar-refractivity contribution is 5.76. The van der Waals surface area contributed by atoms with Gasteiger partial charge < -0.3 is 15.2 Å². The minimum absolute atomic E-state index is 0.0270. The number of rotatable bonds is 5. The average Bonchev–Trinajstić information content (AvgIpc) is 2.96. The first-order chi connectivity index (χ1) is 9.04. The van der Waals surface area contributed by atoms with Gasteiger partial charge in [-0.1, -0.05) is 0 Å². The van der Waals surface area contributed by atoms with E-state index in [1.54, 1.807) is 0 Å². The molecule has 2 fully saturated rings. The van der Waals surface area contributed by atoms with Gasteiger partial charge in [0.05, 0.1) is 18.1 Å². The van der Waals surface area contributed by atoms with E-state index >= 15 is 0 Å². The van der Waals surface area contributed by atoms with Crippen molar-refractivity contribution in [2.45, 2.75) is 70.1 Å². The number of aliphatic carboxylic acids is 1. The fourth-order valence-electron chi connectivity index (χ4n) is 3.03. The van der Waals surface area contributed by atoms with Crippen molar-refractivity contribution in [1.82, 2.24) is 5.32 Å². The van der Waals surface area contributed by atoms with Crippen LogP contribution in [0.3, 0.4) is 0 Å². The third-order valence-corrected chi connectivity index (χ3v) is 4.16. The SMILES string of the molecule is CC1CCC(CCC(=O)N[C@@H]2CC[C@H](C(=O)O)C2)O1. The lowest BCUT2D eigenvalue weighted by Gasteiger charge is -2.14. The summed E-state index contributed by atoms with van der Waals surface area (Å²) in [6.07, 6.45) is 5.92. The highest BCUT2D eigenvalue weighted by Gasteiger charge is 2.30. The molecule has 0 aromatic heterocycles. The van der Waals surface area contributed by atoms with Gasteiger partial charge in [-0.15, -0.1) is 0 Å². The van der Waals surface area contributed by atoms with Crippen LogP contribution in [-0.4, -0.2) is 35.2 Å². The number of carboxylic acid groups (broad SMARTS) is 1. The van der Waals surface area contributed by atoms with E-state index in [2.05, 4.69) is 12.2 Å². The van der Waals surface area contributed by atoms with Gasteiger partial charge in [-0.05, 0) is 45.4 Å². The van der Waals surface area contributed by atoms with Crippen molar-refractivity contribution in [3.63, 3.8) is 0 Å². The number of carbonyl (C=O) groups excluding carboxylic acids is 1. The number of amides is 1. The molecule has 1 aliphatic heterocycles. The maximum absolute atomic E-state index is 11.8. The van der Waals surface area contributed by atoms with E-state index in [0.717, 1.165) is 25.7 Å². The van der Waals surface area contributed by atoms with Crippen LogP contribution in [0.15, 0.2) is 0 Å². The second-order valence-corrected chi connectivity index (χ2v) is 5.80. The van der Waals surface area contributed by atoms with Crippen molar-refractivity contribution in [2.24, 2.45) is 5.92 Å². The van der Waals surface area contributed by atoms with Crippen LogP contribution in [0.25, 0.3) is 0 Å². The number of hydrogen-bond donors (Lipinski definition) is 2. The van der Waals surface area contributed by atoms with Crippen molar-refractivity contribution in [2.75, 3.05) is 0 Å². The first-order valence-electron chi connectivity index (χ1n) is 7.22. The van der Waals surface area contributed by atoms with Gasteiger partial charge in [0, 0.05) is 12.5 Å². The normalized spacial score (nSPS) is 34.4.